The summed E-state index contributed by atoms with van der Waals surface area (Å²) in [7, 11) is -4.06. The number of nitrogens with one attached hydrogen (secondary N) is 1. The van der Waals surface area contributed by atoms with Gasteiger partial charge in [-0.2, -0.15) is 11.8 Å². The lowest BCUT2D eigenvalue weighted by Gasteiger charge is -2.24. The standard InChI is InChI=1S/C23H22ClFN2O3S2/c24-22-9-5-4-6-18(22)17-31-15-14-26-23(28)16-27(20-7-2-1-3-8-20)32(29,30)21-12-10-19(25)11-13-21/h1-13H,14-17H2,(H,26,28). The molecule has 0 spiro atoms. The summed E-state index contributed by atoms with van der Waals surface area (Å²) in [5.74, 6) is 0.387. The maximum absolute atomic E-state index is 13.3. The minimum Gasteiger partial charge on any atom is -0.354 e. The summed E-state index contributed by atoms with van der Waals surface area (Å²) in [5.41, 5.74) is 1.37. The number of amides is 1. The number of hydrogen-bond donors (Lipinski definition) is 1. The third-order valence-electron chi connectivity index (χ3n) is 4.52. The number of anilines is 1. The number of carbonyl (C=O) groups excluding carboxylic acids is 1. The second-order valence-electron chi connectivity index (χ2n) is 6.80. The van der Waals surface area contributed by atoms with E-state index in [0.717, 1.165) is 22.0 Å². The SMILES string of the molecule is O=C(CN(c1ccccc1)S(=O)(=O)c1ccc(F)cc1)NCCSCc1ccccc1Cl. The second-order valence-corrected chi connectivity index (χ2v) is 10.2. The fourth-order valence-electron chi connectivity index (χ4n) is 2.89. The average molecular weight is 493 g/mol. The van der Waals surface area contributed by atoms with Gasteiger partial charge in [0.25, 0.3) is 10.0 Å². The number of para-hydroxylation sites is 1. The van der Waals surface area contributed by atoms with Gasteiger partial charge in [-0.25, -0.2) is 12.8 Å². The zero-order chi connectivity index (χ0) is 23.0. The molecule has 1 N–H and O–H groups in total. The van der Waals surface area contributed by atoms with Gasteiger partial charge < -0.3 is 5.32 Å². The van der Waals surface area contributed by atoms with Crippen LogP contribution in [0, 0.1) is 5.82 Å². The number of thioether (sulfide) groups is 1. The Morgan fingerprint density at radius 1 is 0.969 bits per heavy atom. The minimum atomic E-state index is -4.06. The monoisotopic (exact) mass is 492 g/mol. The summed E-state index contributed by atoms with van der Waals surface area (Å²) < 4.78 is 40.6. The Morgan fingerprint density at radius 3 is 2.31 bits per heavy atom. The topological polar surface area (TPSA) is 66.5 Å². The molecule has 3 aromatic carbocycles. The van der Waals surface area contributed by atoms with Crippen molar-refractivity contribution in [2.24, 2.45) is 0 Å². The molecule has 1 amide bonds. The van der Waals surface area contributed by atoms with E-state index in [1.54, 1.807) is 42.1 Å². The van der Waals surface area contributed by atoms with Crippen molar-refractivity contribution in [2.45, 2.75) is 10.6 Å². The smallest absolute Gasteiger partial charge is 0.264 e. The Kier molecular flexibility index (Phi) is 8.55. The van der Waals surface area contributed by atoms with Gasteiger partial charge in [0.15, 0.2) is 0 Å². The van der Waals surface area contributed by atoms with Crippen molar-refractivity contribution in [1.82, 2.24) is 5.32 Å². The highest BCUT2D eigenvalue weighted by Crippen LogP contribution is 2.24. The van der Waals surface area contributed by atoms with Crippen LogP contribution in [0.1, 0.15) is 5.56 Å². The van der Waals surface area contributed by atoms with Crippen LogP contribution in [-0.2, 0) is 20.6 Å². The van der Waals surface area contributed by atoms with E-state index in [1.807, 2.05) is 24.3 Å². The van der Waals surface area contributed by atoms with Crippen molar-refractivity contribution in [3.63, 3.8) is 0 Å². The van der Waals surface area contributed by atoms with E-state index >= 15 is 0 Å². The van der Waals surface area contributed by atoms with Crippen LogP contribution in [0.4, 0.5) is 10.1 Å². The Morgan fingerprint density at radius 2 is 1.62 bits per heavy atom. The van der Waals surface area contributed by atoms with Gasteiger partial charge in [-0.1, -0.05) is 48.0 Å². The second kappa shape index (κ2) is 11.4. The normalized spacial score (nSPS) is 11.2. The van der Waals surface area contributed by atoms with E-state index in [9.17, 15) is 17.6 Å². The Bertz CT molecular complexity index is 1140. The number of halogens is 2. The van der Waals surface area contributed by atoms with Gasteiger partial charge in [0.1, 0.15) is 12.4 Å². The van der Waals surface area contributed by atoms with E-state index in [2.05, 4.69) is 5.32 Å². The first-order valence-corrected chi connectivity index (χ1v) is 12.8. The number of benzene rings is 3. The lowest BCUT2D eigenvalue weighted by Crippen LogP contribution is -2.41. The Balaban J connectivity index is 1.62. The molecule has 0 unspecified atom stereocenters. The molecule has 0 heterocycles. The molecule has 32 heavy (non-hydrogen) atoms. The van der Waals surface area contributed by atoms with Crippen LogP contribution in [0.25, 0.3) is 0 Å². The van der Waals surface area contributed by atoms with Crippen molar-refractivity contribution in [3.8, 4) is 0 Å². The van der Waals surface area contributed by atoms with Gasteiger partial charge in [0.2, 0.25) is 5.91 Å². The minimum absolute atomic E-state index is 0.0918. The van der Waals surface area contributed by atoms with Crippen LogP contribution in [-0.4, -0.2) is 33.2 Å². The van der Waals surface area contributed by atoms with E-state index in [0.29, 0.717) is 28.8 Å². The lowest BCUT2D eigenvalue weighted by molar-refractivity contribution is -0.119. The Hall–Kier alpha value is -2.55. The van der Waals surface area contributed by atoms with Gasteiger partial charge in [-0.15, -0.1) is 0 Å². The van der Waals surface area contributed by atoms with Gasteiger partial charge in [0, 0.05) is 23.1 Å². The van der Waals surface area contributed by atoms with Crippen LogP contribution in [0.15, 0.2) is 83.8 Å². The fourth-order valence-corrected chi connectivity index (χ4v) is 5.45. The van der Waals surface area contributed by atoms with Crippen LogP contribution in [0.3, 0.4) is 0 Å². The molecule has 168 valence electrons. The number of rotatable bonds is 10. The van der Waals surface area contributed by atoms with Crippen molar-refractivity contribution in [2.75, 3.05) is 23.1 Å². The highest BCUT2D eigenvalue weighted by molar-refractivity contribution is 7.98. The summed E-state index contributed by atoms with van der Waals surface area (Å²) in [6, 6.07) is 20.4. The third kappa shape index (κ3) is 6.48. The first-order chi connectivity index (χ1) is 15.4. The largest absolute Gasteiger partial charge is 0.354 e. The summed E-state index contributed by atoms with van der Waals surface area (Å²) in [6.07, 6.45) is 0. The number of sulfonamides is 1. The number of hydrogen-bond acceptors (Lipinski definition) is 4. The van der Waals surface area contributed by atoms with E-state index in [4.69, 9.17) is 11.6 Å². The van der Waals surface area contributed by atoms with E-state index in [-0.39, 0.29) is 11.4 Å². The molecule has 5 nitrogen and oxygen atoms in total. The van der Waals surface area contributed by atoms with Crippen molar-refractivity contribution < 1.29 is 17.6 Å². The molecule has 0 aromatic heterocycles. The molecule has 0 saturated heterocycles. The molecule has 3 rings (SSSR count). The molecule has 0 radical (unpaired) electrons. The maximum Gasteiger partial charge on any atom is 0.264 e. The molecule has 0 aliphatic carbocycles. The molecule has 3 aromatic rings. The predicted octanol–water partition coefficient (Wildman–Crippen LogP) is 4.72. The zero-order valence-corrected chi connectivity index (χ0v) is 19.5. The molecular formula is C23H22ClFN2O3S2. The number of carbonyl (C=O) groups is 1. The van der Waals surface area contributed by atoms with E-state index in [1.165, 1.54) is 12.1 Å². The van der Waals surface area contributed by atoms with Crippen LogP contribution < -0.4 is 9.62 Å². The third-order valence-corrected chi connectivity index (χ3v) is 7.68. The first-order valence-electron chi connectivity index (χ1n) is 9.79. The van der Waals surface area contributed by atoms with Crippen LogP contribution in [0.5, 0.6) is 0 Å². The van der Waals surface area contributed by atoms with Gasteiger partial charge in [0.05, 0.1) is 10.6 Å². The fraction of sp³-hybridized carbons (Fsp3) is 0.174. The van der Waals surface area contributed by atoms with Crippen molar-refractivity contribution >= 4 is 45.0 Å². The van der Waals surface area contributed by atoms with Crippen LogP contribution >= 0.6 is 23.4 Å². The number of nitrogens with zero attached hydrogens (tertiary/aromatic N) is 1. The summed E-state index contributed by atoms with van der Waals surface area (Å²) >= 11 is 7.75. The van der Waals surface area contributed by atoms with Gasteiger partial charge in [-0.05, 0) is 48.0 Å². The van der Waals surface area contributed by atoms with Crippen molar-refractivity contribution in [3.05, 3.63) is 95.3 Å². The molecule has 0 aliphatic heterocycles. The van der Waals surface area contributed by atoms with Crippen molar-refractivity contribution in [1.29, 1.82) is 0 Å². The molecular weight excluding hydrogens is 471 g/mol. The van der Waals surface area contributed by atoms with E-state index < -0.39 is 21.7 Å². The zero-order valence-electron chi connectivity index (χ0n) is 17.1. The molecule has 0 fully saturated rings. The van der Waals surface area contributed by atoms with Gasteiger partial charge in [-0.3, -0.25) is 9.10 Å². The van der Waals surface area contributed by atoms with Crippen LogP contribution in [0.2, 0.25) is 5.02 Å². The molecule has 0 saturated carbocycles. The predicted molar refractivity (Wildman–Crippen MR) is 128 cm³/mol. The van der Waals surface area contributed by atoms with Gasteiger partial charge >= 0.3 is 0 Å². The highest BCUT2D eigenvalue weighted by Gasteiger charge is 2.27. The quantitative estimate of drug-likeness (QED) is 0.416. The summed E-state index contributed by atoms with van der Waals surface area (Å²) in [4.78, 5) is 12.4. The molecule has 0 bridgehead atoms. The Labute approximate surface area is 196 Å². The maximum atomic E-state index is 13.3. The highest BCUT2D eigenvalue weighted by atomic mass is 35.5. The molecule has 9 heteroatoms. The average Bonchev–Trinajstić information content (AvgIpc) is 2.79. The summed E-state index contributed by atoms with van der Waals surface area (Å²) in [6.45, 7) is -0.00786. The summed E-state index contributed by atoms with van der Waals surface area (Å²) in [5, 5.41) is 3.46. The molecule has 0 atom stereocenters. The molecule has 0 aliphatic rings. The first kappa shape index (κ1) is 24.1. The lowest BCUT2D eigenvalue weighted by atomic mass is 10.2.